The standard InChI is InChI=1S/C39H29FN2O4S/c1-2-45-38(44)34-35(26-14-5-3-6-15-26)41-39-42(36(34)27-16-7-4-8-17-27)37(43)33(47-39)23-30-29-19-11-9-13-25(29)21-22-32(30)46-24-28-18-10-12-20-31(28)40/h3-23,36H,2,24H2,1H3/b33-23-/t36-/m1/s1. The number of aromatic nitrogens is 1. The number of fused-ring (bicyclic) bond motifs is 2. The van der Waals surface area contributed by atoms with Crippen LogP contribution in [0.15, 0.2) is 137 Å². The van der Waals surface area contributed by atoms with Crippen molar-refractivity contribution in [2.24, 2.45) is 4.99 Å². The maximum absolute atomic E-state index is 14.5. The Morgan fingerprint density at radius 3 is 2.36 bits per heavy atom. The molecule has 0 unspecified atom stereocenters. The van der Waals surface area contributed by atoms with Gasteiger partial charge >= 0.3 is 5.97 Å². The topological polar surface area (TPSA) is 69.9 Å². The summed E-state index contributed by atoms with van der Waals surface area (Å²) in [7, 11) is 0. The molecule has 2 heterocycles. The number of halogens is 1. The second-order valence-corrected chi connectivity index (χ2v) is 11.9. The summed E-state index contributed by atoms with van der Waals surface area (Å²) in [4.78, 5) is 33.5. The van der Waals surface area contributed by atoms with E-state index in [9.17, 15) is 14.0 Å². The molecule has 7 rings (SSSR count). The lowest BCUT2D eigenvalue weighted by molar-refractivity contribution is -0.138. The molecule has 0 amide bonds. The van der Waals surface area contributed by atoms with Crippen LogP contribution in [0.5, 0.6) is 5.75 Å². The van der Waals surface area contributed by atoms with Gasteiger partial charge in [0.2, 0.25) is 0 Å². The van der Waals surface area contributed by atoms with Gasteiger partial charge in [0, 0.05) is 16.7 Å². The molecule has 1 aliphatic heterocycles. The Bertz CT molecular complexity index is 2330. The molecule has 1 aliphatic rings. The van der Waals surface area contributed by atoms with Crippen LogP contribution in [0.1, 0.15) is 35.2 Å². The average molecular weight is 641 g/mol. The SMILES string of the molecule is CCOC(=O)C1=C(c2ccccc2)N=c2s/c(=C\c3c(OCc4ccccc4F)ccc4ccccc34)c(=O)n2[C@@H]1c1ccccc1. The Morgan fingerprint density at radius 2 is 1.60 bits per heavy atom. The Hall–Kier alpha value is -5.60. The van der Waals surface area contributed by atoms with E-state index < -0.39 is 12.0 Å². The third-order valence-corrected chi connectivity index (χ3v) is 9.02. The summed E-state index contributed by atoms with van der Waals surface area (Å²) in [5.74, 6) is -0.374. The first kappa shape index (κ1) is 30.1. The summed E-state index contributed by atoms with van der Waals surface area (Å²) in [6, 6.07) is 36.2. The van der Waals surface area contributed by atoms with E-state index >= 15 is 0 Å². The van der Waals surface area contributed by atoms with Crippen molar-refractivity contribution in [1.82, 2.24) is 4.57 Å². The second kappa shape index (κ2) is 13.0. The molecule has 6 aromatic rings. The van der Waals surface area contributed by atoms with Gasteiger partial charge in [-0.05, 0) is 41.5 Å². The van der Waals surface area contributed by atoms with Crippen LogP contribution in [-0.2, 0) is 16.1 Å². The Morgan fingerprint density at radius 1 is 0.894 bits per heavy atom. The number of thiazole rings is 1. The summed E-state index contributed by atoms with van der Waals surface area (Å²) in [5.41, 5.74) is 3.07. The van der Waals surface area contributed by atoms with Gasteiger partial charge in [0.05, 0.1) is 28.5 Å². The van der Waals surface area contributed by atoms with E-state index in [4.69, 9.17) is 14.5 Å². The highest BCUT2D eigenvalue weighted by atomic mass is 32.1. The molecular weight excluding hydrogens is 612 g/mol. The molecule has 0 radical (unpaired) electrons. The van der Waals surface area contributed by atoms with Crippen LogP contribution in [0.3, 0.4) is 0 Å². The third-order valence-electron chi connectivity index (χ3n) is 8.04. The number of rotatable bonds is 8. The molecule has 8 heteroatoms. The van der Waals surface area contributed by atoms with Gasteiger partial charge in [0.1, 0.15) is 18.2 Å². The molecule has 0 N–H and O–H groups in total. The minimum atomic E-state index is -0.770. The van der Waals surface area contributed by atoms with Crippen LogP contribution in [0, 0.1) is 5.82 Å². The summed E-state index contributed by atoms with van der Waals surface area (Å²) in [5, 5.41) is 1.84. The van der Waals surface area contributed by atoms with Crippen molar-refractivity contribution in [1.29, 1.82) is 0 Å². The van der Waals surface area contributed by atoms with Gasteiger partial charge < -0.3 is 9.47 Å². The van der Waals surface area contributed by atoms with Gasteiger partial charge in [-0.25, -0.2) is 14.2 Å². The molecule has 0 aliphatic carbocycles. The quantitative estimate of drug-likeness (QED) is 0.172. The number of carbonyl (C=O) groups excluding carboxylic acids is 1. The number of hydrogen-bond donors (Lipinski definition) is 0. The Balaban J connectivity index is 1.46. The zero-order valence-electron chi connectivity index (χ0n) is 25.4. The Kier molecular flexibility index (Phi) is 8.33. The molecule has 1 atom stereocenters. The van der Waals surface area contributed by atoms with Gasteiger partial charge in [0.15, 0.2) is 4.80 Å². The maximum Gasteiger partial charge on any atom is 0.338 e. The lowest BCUT2D eigenvalue weighted by Gasteiger charge is -2.25. The first-order valence-corrected chi connectivity index (χ1v) is 16.1. The van der Waals surface area contributed by atoms with Crippen LogP contribution in [0.4, 0.5) is 4.39 Å². The van der Waals surface area contributed by atoms with E-state index in [1.54, 1.807) is 35.8 Å². The fourth-order valence-corrected chi connectivity index (χ4v) is 6.83. The number of hydrogen-bond acceptors (Lipinski definition) is 6. The van der Waals surface area contributed by atoms with Gasteiger partial charge in [-0.3, -0.25) is 9.36 Å². The molecular formula is C39H29FN2O4S. The molecule has 0 bridgehead atoms. The van der Waals surface area contributed by atoms with E-state index in [1.165, 1.54) is 17.4 Å². The molecule has 232 valence electrons. The second-order valence-electron chi connectivity index (χ2n) is 10.9. The van der Waals surface area contributed by atoms with Crippen molar-refractivity contribution >= 4 is 39.9 Å². The highest BCUT2D eigenvalue weighted by Crippen LogP contribution is 2.35. The van der Waals surface area contributed by atoms with E-state index in [2.05, 4.69) is 0 Å². The van der Waals surface area contributed by atoms with E-state index in [1.807, 2.05) is 97.1 Å². The van der Waals surface area contributed by atoms with Crippen LogP contribution in [0.25, 0.3) is 22.5 Å². The van der Waals surface area contributed by atoms with Crippen molar-refractivity contribution in [2.75, 3.05) is 6.61 Å². The van der Waals surface area contributed by atoms with Crippen LogP contribution in [-0.4, -0.2) is 17.1 Å². The maximum atomic E-state index is 14.5. The largest absolute Gasteiger partial charge is 0.488 e. The van der Waals surface area contributed by atoms with Gasteiger partial charge in [-0.1, -0.05) is 121 Å². The van der Waals surface area contributed by atoms with Gasteiger partial charge in [0.25, 0.3) is 5.56 Å². The first-order valence-electron chi connectivity index (χ1n) is 15.2. The fourth-order valence-electron chi connectivity index (χ4n) is 5.84. The van der Waals surface area contributed by atoms with Crippen LogP contribution in [0.2, 0.25) is 0 Å². The fraction of sp³-hybridized carbons (Fsp3) is 0.103. The first-order chi connectivity index (χ1) is 23.0. The summed E-state index contributed by atoms with van der Waals surface area (Å²) in [6.45, 7) is 1.95. The molecule has 5 aromatic carbocycles. The highest BCUT2D eigenvalue weighted by molar-refractivity contribution is 7.07. The molecule has 0 fully saturated rings. The number of carbonyl (C=O) groups is 1. The van der Waals surface area contributed by atoms with E-state index in [-0.39, 0.29) is 24.6 Å². The van der Waals surface area contributed by atoms with Crippen LogP contribution < -0.4 is 19.6 Å². The van der Waals surface area contributed by atoms with Gasteiger partial charge in [-0.2, -0.15) is 0 Å². The van der Waals surface area contributed by atoms with E-state index in [0.29, 0.717) is 37.5 Å². The average Bonchev–Trinajstić information content (AvgIpc) is 3.42. The monoisotopic (exact) mass is 640 g/mol. The van der Waals surface area contributed by atoms with Crippen molar-refractivity contribution < 1.29 is 18.7 Å². The van der Waals surface area contributed by atoms with Crippen molar-refractivity contribution in [3.63, 3.8) is 0 Å². The van der Waals surface area contributed by atoms with Crippen molar-refractivity contribution in [2.45, 2.75) is 19.6 Å². The number of nitrogens with zero attached hydrogens (tertiary/aromatic N) is 2. The smallest absolute Gasteiger partial charge is 0.338 e. The molecule has 47 heavy (non-hydrogen) atoms. The normalized spacial score (nSPS) is 14.5. The molecule has 0 saturated carbocycles. The predicted molar refractivity (Wildman–Crippen MR) is 182 cm³/mol. The molecule has 0 spiro atoms. The third kappa shape index (κ3) is 5.79. The lowest BCUT2D eigenvalue weighted by atomic mass is 9.93. The summed E-state index contributed by atoms with van der Waals surface area (Å²) >= 11 is 1.24. The minimum Gasteiger partial charge on any atom is -0.488 e. The number of esters is 1. The van der Waals surface area contributed by atoms with Crippen molar-refractivity contribution in [3.8, 4) is 5.75 Å². The number of ether oxygens (including phenoxy) is 2. The molecule has 6 nitrogen and oxygen atoms in total. The molecule has 1 aromatic heterocycles. The Labute approximate surface area is 274 Å². The minimum absolute atomic E-state index is 0.0183. The zero-order chi connectivity index (χ0) is 32.3. The van der Waals surface area contributed by atoms with Crippen LogP contribution >= 0.6 is 11.3 Å². The summed E-state index contributed by atoms with van der Waals surface area (Å²) < 4.78 is 28.2. The molecule has 0 saturated heterocycles. The number of benzene rings is 5. The van der Waals surface area contributed by atoms with E-state index in [0.717, 1.165) is 21.9 Å². The lowest BCUT2D eigenvalue weighted by Crippen LogP contribution is -2.40. The predicted octanol–water partition coefficient (Wildman–Crippen LogP) is 6.81. The van der Waals surface area contributed by atoms with Crippen molar-refractivity contribution in [3.05, 3.63) is 175 Å². The van der Waals surface area contributed by atoms with Gasteiger partial charge in [-0.15, -0.1) is 0 Å². The summed E-state index contributed by atoms with van der Waals surface area (Å²) in [6.07, 6.45) is 1.81. The highest BCUT2D eigenvalue weighted by Gasteiger charge is 2.35. The zero-order valence-corrected chi connectivity index (χ0v) is 26.2.